The van der Waals surface area contributed by atoms with Crippen molar-refractivity contribution in [3.63, 3.8) is 0 Å². The lowest BCUT2D eigenvalue weighted by molar-refractivity contribution is -0.165. The van der Waals surface area contributed by atoms with Crippen molar-refractivity contribution in [2.24, 2.45) is 5.41 Å². The van der Waals surface area contributed by atoms with E-state index in [2.05, 4.69) is 0 Å². The lowest BCUT2D eigenvalue weighted by atomic mass is 9.81. The molecule has 2 aliphatic rings. The largest absolute Gasteiger partial charge is 0.509 e. The highest BCUT2D eigenvalue weighted by Crippen LogP contribution is 2.54. The topological polar surface area (TPSA) is 74.2 Å². The van der Waals surface area contributed by atoms with Crippen LogP contribution >= 0.6 is 11.8 Å². The average molecular weight is 471 g/mol. The van der Waals surface area contributed by atoms with Crippen molar-refractivity contribution in [1.82, 2.24) is 0 Å². The number of hydrogen-bond acceptors (Lipinski definition) is 7. The molecule has 7 heteroatoms. The van der Waals surface area contributed by atoms with Crippen LogP contribution in [-0.2, 0) is 30.3 Å². The summed E-state index contributed by atoms with van der Waals surface area (Å²) in [6.07, 6.45) is -1.34. The van der Waals surface area contributed by atoms with Gasteiger partial charge >= 0.3 is 5.97 Å². The van der Waals surface area contributed by atoms with E-state index >= 15 is 0 Å². The molecule has 2 aromatic carbocycles. The van der Waals surface area contributed by atoms with Gasteiger partial charge in [-0.05, 0) is 38.5 Å². The first-order valence-corrected chi connectivity index (χ1v) is 12.1. The number of esters is 1. The summed E-state index contributed by atoms with van der Waals surface area (Å²) in [7, 11) is 0. The number of thioether (sulfide) groups is 1. The SMILES string of the molecule is CCOC(=O)C1=C(O)[C@@H]2OC(C)(C)O[C@@H]2[C@@]1(COCc1ccccc1)CSc1ccccc1. The van der Waals surface area contributed by atoms with Gasteiger partial charge in [0.2, 0.25) is 0 Å². The molecular formula is C26H30O6S. The first-order valence-electron chi connectivity index (χ1n) is 11.1. The van der Waals surface area contributed by atoms with Gasteiger partial charge in [0.05, 0.1) is 30.8 Å². The summed E-state index contributed by atoms with van der Waals surface area (Å²) in [6.45, 7) is 6.10. The maximum absolute atomic E-state index is 13.1. The molecule has 0 unspecified atom stereocenters. The van der Waals surface area contributed by atoms with Gasteiger partial charge in [0, 0.05) is 10.6 Å². The Labute approximate surface area is 198 Å². The number of carbonyl (C=O) groups is 1. The Hall–Kier alpha value is -2.32. The maximum Gasteiger partial charge on any atom is 0.338 e. The summed E-state index contributed by atoms with van der Waals surface area (Å²) < 4.78 is 23.8. The van der Waals surface area contributed by atoms with E-state index in [1.165, 1.54) is 0 Å². The molecule has 0 amide bonds. The van der Waals surface area contributed by atoms with Crippen molar-refractivity contribution in [1.29, 1.82) is 0 Å². The third-order valence-electron chi connectivity index (χ3n) is 5.86. The lowest BCUT2D eigenvalue weighted by Crippen LogP contribution is -2.46. The fourth-order valence-corrected chi connectivity index (χ4v) is 5.59. The minimum Gasteiger partial charge on any atom is -0.509 e. The number of carbonyl (C=O) groups excluding carboxylic acids is 1. The molecule has 1 aliphatic carbocycles. The molecule has 33 heavy (non-hydrogen) atoms. The Morgan fingerprint density at radius 2 is 1.73 bits per heavy atom. The molecule has 0 aromatic heterocycles. The molecule has 4 rings (SSSR count). The number of benzene rings is 2. The molecular weight excluding hydrogens is 440 g/mol. The minimum absolute atomic E-state index is 0.124. The zero-order chi connectivity index (χ0) is 23.5. The average Bonchev–Trinajstić information content (AvgIpc) is 3.24. The van der Waals surface area contributed by atoms with Crippen LogP contribution in [0.3, 0.4) is 0 Å². The highest BCUT2D eigenvalue weighted by atomic mass is 32.2. The number of rotatable bonds is 9. The standard InChI is InChI=1S/C26H30O6S/c1-4-30-24(28)20-21(27)22-23(32-25(2,3)31-22)26(20,17-33-19-13-9-6-10-14-19)16-29-15-18-11-7-5-8-12-18/h5-14,22-23,27H,4,15-17H2,1-3H3/t22-,23-,26-/m0/s1. The van der Waals surface area contributed by atoms with Gasteiger partial charge in [-0.2, -0.15) is 0 Å². The number of ether oxygens (including phenoxy) is 4. The maximum atomic E-state index is 13.1. The van der Waals surface area contributed by atoms with Crippen molar-refractivity contribution in [2.45, 2.75) is 50.3 Å². The van der Waals surface area contributed by atoms with Crippen molar-refractivity contribution in [3.05, 3.63) is 77.6 Å². The van der Waals surface area contributed by atoms with Crippen molar-refractivity contribution >= 4 is 17.7 Å². The number of hydrogen-bond donors (Lipinski definition) is 1. The Morgan fingerprint density at radius 1 is 1.06 bits per heavy atom. The predicted octanol–water partition coefficient (Wildman–Crippen LogP) is 4.89. The minimum atomic E-state index is -0.954. The van der Waals surface area contributed by atoms with Crippen LogP contribution in [0.5, 0.6) is 0 Å². The highest BCUT2D eigenvalue weighted by Gasteiger charge is 2.64. The molecule has 1 heterocycles. The smallest absolute Gasteiger partial charge is 0.338 e. The number of aliphatic hydroxyl groups is 1. The molecule has 0 radical (unpaired) electrons. The first kappa shape index (κ1) is 23.8. The second-order valence-corrected chi connectivity index (χ2v) is 9.74. The van der Waals surface area contributed by atoms with Crippen LogP contribution < -0.4 is 0 Å². The van der Waals surface area contributed by atoms with E-state index in [1.54, 1.807) is 18.7 Å². The summed E-state index contributed by atoms with van der Waals surface area (Å²) in [5, 5.41) is 11.1. The van der Waals surface area contributed by atoms with Crippen LogP contribution in [0.25, 0.3) is 0 Å². The van der Waals surface area contributed by atoms with E-state index in [0.29, 0.717) is 12.4 Å². The lowest BCUT2D eigenvalue weighted by Gasteiger charge is -2.36. The second kappa shape index (κ2) is 9.89. The van der Waals surface area contributed by atoms with Crippen LogP contribution in [0.2, 0.25) is 0 Å². The van der Waals surface area contributed by atoms with Gasteiger partial charge in [-0.15, -0.1) is 11.8 Å². The Morgan fingerprint density at radius 3 is 2.39 bits per heavy atom. The van der Waals surface area contributed by atoms with Gasteiger partial charge in [-0.3, -0.25) is 0 Å². The molecule has 0 saturated carbocycles. The number of aliphatic hydroxyl groups excluding tert-OH is 1. The summed E-state index contributed by atoms with van der Waals surface area (Å²) in [4.78, 5) is 14.1. The molecule has 1 aliphatic heterocycles. The van der Waals surface area contributed by atoms with Crippen LogP contribution in [0.15, 0.2) is 76.9 Å². The summed E-state index contributed by atoms with van der Waals surface area (Å²) in [5.41, 5.74) is 0.253. The van der Waals surface area contributed by atoms with Gasteiger partial charge < -0.3 is 24.1 Å². The second-order valence-electron chi connectivity index (χ2n) is 8.69. The van der Waals surface area contributed by atoms with Crippen LogP contribution in [0.4, 0.5) is 0 Å². The first-order chi connectivity index (χ1) is 15.9. The monoisotopic (exact) mass is 470 g/mol. The van der Waals surface area contributed by atoms with E-state index in [4.69, 9.17) is 18.9 Å². The van der Waals surface area contributed by atoms with E-state index in [-0.39, 0.29) is 24.5 Å². The van der Waals surface area contributed by atoms with Gasteiger partial charge in [0.15, 0.2) is 5.79 Å². The zero-order valence-corrected chi connectivity index (χ0v) is 20.0. The summed E-state index contributed by atoms with van der Waals surface area (Å²) in [6, 6.07) is 19.8. The van der Waals surface area contributed by atoms with Gasteiger partial charge in [0.25, 0.3) is 0 Å². The van der Waals surface area contributed by atoms with Gasteiger partial charge in [-0.1, -0.05) is 48.5 Å². The quantitative estimate of drug-likeness (QED) is 0.413. The fourth-order valence-electron chi connectivity index (χ4n) is 4.42. The predicted molar refractivity (Wildman–Crippen MR) is 126 cm³/mol. The van der Waals surface area contributed by atoms with Crippen LogP contribution in [0, 0.1) is 5.41 Å². The van der Waals surface area contributed by atoms with E-state index in [1.807, 2.05) is 74.5 Å². The Kier molecular flexibility index (Phi) is 7.14. The normalized spacial score (nSPS) is 25.8. The van der Waals surface area contributed by atoms with Crippen LogP contribution in [-0.4, -0.2) is 48.0 Å². The molecule has 2 aromatic rings. The van der Waals surface area contributed by atoms with Crippen molar-refractivity contribution < 1.29 is 28.8 Å². The van der Waals surface area contributed by atoms with E-state index in [0.717, 1.165) is 10.5 Å². The number of fused-ring (bicyclic) bond motifs is 1. The summed E-state index contributed by atoms with van der Waals surface area (Å²) >= 11 is 1.58. The summed E-state index contributed by atoms with van der Waals surface area (Å²) in [5.74, 6) is -1.14. The molecule has 3 atom stereocenters. The molecule has 0 spiro atoms. The van der Waals surface area contributed by atoms with Gasteiger partial charge in [-0.25, -0.2) is 4.79 Å². The fraction of sp³-hybridized carbons (Fsp3) is 0.423. The molecule has 1 N–H and O–H groups in total. The Bertz CT molecular complexity index is 990. The molecule has 1 saturated heterocycles. The van der Waals surface area contributed by atoms with Gasteiger partial charge in [0.1, 0.15) is 18.0 Å². The highest BCUT2D eigenvalue weighted by molar-refractivity contribution is 7.99. The van der Waals surface area contributed by atoms with Crippen molar-refractivity contribution in [3.8, 4) is 0 Å². The van der Waals surface area contributed by atoms with Crippen molar-refractivity contribution in [2.75, 3.05) is 19.0 Å². The van der Waals surface area contributed by atoms with Crippen LogP contribution in [0.1, 0.15) is 26.3 Å². The Balaban J connectivity index is 1.69. The molecule has 0 bridgehead atoms. The molecule has 6 nitrogen and oxygen atoms in total. The van der Waals surface area contributed by atoms with E-state index < -0.39 is 29.4 Å². The zero-order valence-electron chi connectivity index (χ0n) is 19.2. The third kappa shape index (κ3) is 4.96. The van der Waals surface area contributed by atoms with E-state index in [9.17, 15) is 9.90 Å². The molecule has 1 fully saturated rings. The third-order valence-corrected chi connectivity index (χ3v) is 7.12. The molecule has 176 valence electrons.